The Morgan fingerprint density at radius 1 is 1.21 bits per heavy atom. The Morgan fingerprint density at radius 3 is 2.62 bits per heavy atom. The Balaban J connectivity index is 1.98. The Hall–Kier alpha value is -2.26. The monoisotopic (exact) mass is 343 g/mol. The predicted molar refractivity (Wildman–Crippen MR) is 101 cm³/mol. The molecule has 0 fully saturated rings. The molecule has 3 nitrogen and oxygen atoms in total. The standard InChI is InChI=1S/C20H22ClNO2/c1-3-4-6-15-9-12-17(13-10-15)22-19(23)14-11-16-7-5-8-18(24-2)20(16)21/h5,7-14H,3-4,6H2,1-2H3,(H,22,23)/b14-11+. The molecule has 2 aromatic carbocycles. The first-order valence-electron chi connectivity index (χ1n) is 8.04. The smallest absolute Gasteiger partial charge is 0.248 e. The van der Waals surface area contributed by atoms with Gasteiger partial charge in [0.15, 0.2) is 0 Å². The van der Waals surface area contributed by atoms with Crippen molar-refractivity contribution in [2.45, 2.75) is 26.2 Å². The zero-order valence-corrected chi connectivity index (χ0v) is 14.8. The van der Waals surface area contributed by atoms with E-state index in [2.05, 4.69) is 12.2 Å². The number of benzene rings is 2. The molecule has 0 aliphatic heterocycles. The van der Waals surface area contributed by atoms with E-state index in [1.165, 1.54) is 24.5 Å². The van der Waals surface area contributed by atoms with Crippen molar-refractivity contribution >= 4 is 29.3 Å². The highest BCUT2D eigenvalue weighted by atomic mass is 35.5. The second kappa shape index (κ2) is 9.14. The van der Waals surface area contributed by atoms with E-state index in [0.717, 1.165) is 17.7 Å². The molecule has 0 radical (unpaired) electrons. The summed E-state index contributed by atoms with van der Waals surface area (Å²) >= 11 is 6.20. The lowest BCUT2D eigenvalue weighted by Crippen LogP contribution is -2.07. The molecule has 24 heavy (non-hydrogen) atoms. The molecular weight excluding hydrogens is 322 g/mol. The number of halogens is 1. The number of hydrogen-bond donors (Lipinski definition) is 1. The van der Waals surface area contributed by atoms with Gasteiger partial charge >= 0.3 is 0 Å². The van der Waals surface area contributed by atoms with Crippen LogP contribution >= 0.6 is 11.6 Å². The van der Waals surface area contributed by atoms with Crippen molar-refractivity contribution < 1.29 is 9.53 Å². The topological polar surface area (TPSA) is 38.3 Å². The van der Waals surface area contributed by atoms with Crippen LogP contribution in [0.5, 0.6) is 5.75 Å². The number of methoxy groups -OCH3 is 1. The SMILES string of the molecule is CCCCc1ccc(NC(=O)/C=C/c2cccc(OC)c2Cl)cc1. The highest BCUT2D eigenvalue weighted by Gasteiger charge is 2.04. The summed E-state index contributed by atoms with van der Waals surface area (Å²) in [7, 11) is 1.56. The van der Waals surface area contributed by atoms with Crippen LogP contribution in [0.2, 0.25) is 5.02 Å². The zero-order valence-electron chi connectivity index (χ0n) is 14.0. The first-order valence-corrected chi connectivity index (χ1v) is 8.42. The number of nitrogens with one attached hydrogen (secondary N) is 1. The first-order chi connectivity index (χ1) is 11.6. The molecule has 1 N–H and O–H groups in total. The van der Waals surface area contributed by atoms with Gasteiger partial charge in [-0.1, -0.05) is 49.2 Å². The van der Waals surface area contributed by atoms with Gasteiger partial charge < -0.3 is 10.1 Å². The Morgan fingerprint density at radius 2 is 1.96 bits per heavy atom. The van der Waals surface area contributed by atoms with Crippen LogP contribution in [-0.2, 0) is 11.2 Å². The van der Waals surface area contributed by atoms with E-state index < -0.39 is 0 Å². The fourth-order valence-electron chi connectivity index (χ4n) is 2.30. The van der Waals surface area contributed by atoms with Gasteiger partial charge in [0.1, 0.15) is 5.75 Å². The minimum atomic E-state index is -0.199. The van der Waals surface area contributed by atoms with Crippen LogP contribution < -0.4 is 10.1 Å². The molecule has 0 atom stereocenters. The van der Waals surface area contributed by atoms with E-state index in [4.69, 9.17) is 16.3 Å². The van der Waals surface area contributed by atoms with Crippen molar-refractivity contribution in [3.8, 4) is 5.75 Å². The van der Waals surface area contributed by atoms with Gasteiger partial charge in [0, 0.05) is 11.8 Å². The van der Waals surface area contributed by atoms with Gasteiger partial charge in [-0.05, 0) is 48.2 Å². The predicted octanol–water partition coefficient (Wildman–Crippen LogP) is 5.34. The van der Waals surface area contributed by atoms with Gasteiger partial charge in [0.2, 0.25) is 5.91 Å². The van der Waals surface area contributed by atoms with Crippen LogP contribution in [0.4, 0.5) is 5.69 Å². The van der Waals surface area contributed by atoms with Gasteiger partial charge in [0.05, 0.1) is 12.1 Å². The third-order valence-corrected chi connectivity index (χ3v) is 4.07. The summed E-state index contributed by atoms with van der Waals surface area (Å²) in [6, 6.07) is 13.4. The molecule has 0 bridgehead atoms. The van der Waals surface area contributed by atoms with Gasteiger partial charge in [-0.3, -0.25) is 4.79 Å². The summed E-state index contributed by atoms with van der Waals surface area (Å²) in [6.07, 6.45) is 6.56. The van der Waals surface area contributed by atoms with Crippen molar-refractivity contribution in [3.63, 3.8) is 0 Å². The van der Waals surface area contributed by atoms with Crippen molar-refractivity contribution in [3.05, 3.63) is 64.7 Å². The number of ether oxygens (including phenoxy) is 1. The van der Waals surface area contributed by atoms with Crippen molar-refractivity contribution in [2.24, 2.45) is 0 Å². The van der Waals surface area contributed by atoms with E-state index in [0.29, 0.717) is 10.8 Å². The normalized spacial score (nSPS) is 10.8. The van der Waals surface area contributed by atoms with E-state index in [-0.39, 0.29) is 5.91 Å². The summed E-state index contributed by atoms with van der Waals surface area (Å²) in [5.74, 6) is 0.386. The van der Waals surface area contributed by atoms with E-state index in [1.807, 2.05) is 36.4 Å². The van der Waals surface area contributed by atoms with E-state index in [1.54, 1.807) is 19.3 Å². The number of amides is 1. The van der Waals surface area contributed by atoms with Crippen molar-refractivity contribution in [1.82, 2.24) is 0 Å². The minimum absolute atomic E-state index is 0.199. The number of carbonyl (C=O) groups excluding carboxylic acids is 1. The fourth-order valence-corrected chi connectivity index (χ4v) is 2.57. The quantitative estimate of drug-likeness (QED) is 0.689. The molecule has 0 saturated heterocycles. The lowest BCUT2D eigenvalue weighted by molar-refractivity contribution is -0.111. The van der Waals surface area contributed by atoms with Crippen molar-refractivity contribution in [1.29, 1.82) is 0 Å². The maximum Gasteiger partial charge on any atom is 0.248 e. The second-order valence-corrected chi connectivity index (χ2v) is 5.86. The highest BCUT2D eigenvalue weighted by Crippen LogP contribution is 2.28. The van der Waals surface area contributed by atoms with Crippen LogP contribution in [0, 0.1) is 0 Å². The second-order valence-electron chi connectivity index (χ2n) is 5.49. The summed E-state index contributed by atoms with van der Waals surface area (Å²) in [5, 5.41) is 3.33. The van der Waals surface area contributed by atoms with Crippen LogP contribution in [-0.4, -0.2) is 13.0 Å². The molecule has 0 saturated carbocycles. The number of anilines is 1. The third kappa shape index (κ3) is 5.14. The zero-order chi connectivity index (χ0) is 17.4. The molecule has 2 rings (SSSR count). The highest BCUT2D eigenvalue weighted by molar-refractivity contribution is 6.33. The molecule has 2 aromatic rings. The van der Waals surface area contributed by atoms with E-state index >= 15 is 0 Å². The molecular formula is C20H22ClNO2. The summed E-state index contributed by atoms with van der Waals surface area (Å²) in [4.78, 5) is 12.0. The van der Waals surface area contributed by atoms with Gasteiger partial charge in [-0.15, -0.1) is 0 Å². The Labute approximate surface area is 148 Å². The summed E-state index contributed by atoms with van der Waals surface area (Å²) in [6.45, 7) is 2.18. The molecule has 0 heterocycles. The number of rotatable bonds is 7. The molecule has 126 valence electrons. The number of aryl methyl sites for hydroxylation is 1. The average molecular weight is 344 g/mol. The first kappa shape index (κ1) is 18.1. The largest absolute Gasteiger partial charge is 0.495 e. The lowest BCUT2D eigenvalue weighted by Gasteiger charge is -2.06. The Kier molecular flexibility index (Phi) is 6.89. The molecule has 0 aliphatic carbocycles. The molecule has 0 aromatic heterocycles. The maximum atomic E-state index is 12.0. The molecule has 0 aliphatic rings. The molecule has 0 spiro atoms. The van der Waals surface area contributed by atoms with E-state index in [9.17, 15) is 4.79 Å². The van der Waals surface area contributed by atoms with Gasteiger partial charge in [0.25, 0.3) is 0 Å². The molecule has 1 amide bonds. The van der Waals surface area contributed by atoms with Crippen molar-refractivity contribution in [2.75, 3.05) is 12.4 Å². The summed E-state index contributed by atoms with van der Waals surface area (Å²) < 4.78 is 5.16. The summed E-state index contributed by atoms with van der Waals surface area (Å²) in [5.41, 5.74) is 2.80. The molecule has 0 unspecified atom stereocenters. The minimum Gasteiger partial charge on any atom is -0.495 e. The Bertz CT molecular complexity index is 708. The number of carbonyl (C=O) groups is 1. The molecule has 4 heteroatoms. The third-order valence-electron chi connectivity index (χ3n) is 3.67. The van der Waals surface area contributed by atoms with Crippen LogP contribution in [0.15, 0.2) is 48.5 Å². The maximum absolute atomic E-state index is 12.0. The fraction of sp³-hybridized carbons (Fsp3) is 0.250. The van der Waals surface area contributed by atoms with Crippen LogP contribution in [0.1, 0.15) is 30.9 Å². The van der Waals surface area contributed by atoms with Crippen LogP contribution in [0.25, 0.3) is 6.08 Å². The number of unbranched alkanes of at least 4 members (excludes halogenated alkanes) is 1. The number of hydrogen-bond acceptors (Lipinski definition) is 2. The van der Waals surface area contributed by atoms with Crippen LogP contribution in [0.3, 0.4) is 0 Å². The van der Waals surface area contributed by atoms with Gasteiger partial charge in [-0.2, -0.15) is 0 Å². The average Bonchev–Trinajstić information content (AvgIpc) is 2.60. The van der Waals surface area contributed by atoms with Gasteiger partial charge in [-0.25, -0.2) is 0 Å². The lowest BCUT2D eigenvalue weighted by atomic mass is 10.1.